The normalized spacial score (nSPS) is 17.3. The average Bonchev–Trinajstić information content (AvgIpc) is 2.98. The molecule has 2 unspecified atom stereocenters. The molecule has 4 rings (SSSR count). The summed E-state index contributed by atoms with van der Waals surface area (Å²) < 4.78 is 23.9. The van der Waals surface area contributed by atoms with Crippen LogP contribution in [0.1, 0.15) is 61.8 Å². The summed E-state index contributed by atoms with van der Waals surface area (Å²) in [7, 11) is 0. The molecule has 1 saturated heterocycles. The summed E-state index contributed by atoms with van der Waals surface area (Å²) in [6, 6.07) is 26.8. The van der Waals surface area contributed by atoms with Crippen LogP contribution in [-0.4, -0.2) is 49.0 Å². The molecule has 0 bridgehead atoms. The van der Waals surface area contributed by atoms with Crippen LogP contribution in [0, 0.1) is 0 Å². The molecule has 2 atom stereocenters. The van der Waals surface area contributed by atoms with E-state index in [1.807, 2.05) is 63.2 Å². The summed E-state index contributed by atoms with van der Waals surface area (Å²) in [5, 5.41) is 0.769. The monoisotopic (exact) mass is 623 g/mol. The van der Waals surface area contributed by atoms with Gasteiger partial charge in [0.05, 0.1) is 39.1 Å². The molecule has 1 heterocycles. The number of piperidine rings is 1. The van der Waals surface area contributed by atoms with Gasteiger partial charge in [0, 0.05) is 24.2 Å². The third kappa shape index (κ3) is 9.87. The molecule has 1 fully saturated rings. The number of rotatable bonds is 12. The van der Waals surface area contributed by atoms with Gasteiger partial charge in [-0.15, -0.1) is 0 Å². The minimum atomic E-state index is -0.539. The molecule has 0 aromatic heterocycles. The van der Waals surface area contributed by atoms with Gasteiger partial charge in [-0.1, -0.05) is 82.7 Å². The topological polar surface area (TPSA) is 57.2 Å². The number of nitrogens with zero attached hydrogens (tertiary/aromatic N) is 1. The van der Waals surface area contributed by atoms with E-state index in [1.165, 1.54) is 16.7 Å². The number of hydrogen-bond acceptors (Lipinski definition) is 5. The van der Waals surface area contributed by atoms with Gasteiger partial charge in [0.15, 0.2) is 0 Å². The zero-order valence-corrected chi connectivity index (χ0v) is 26.0. The number of likely N-dealkylation sites (tertiary alicyclic amines) is 1. The van der Waals surface area contributed by atoms with Gasteiger partial charge in [-0.2, -0.15) is 0 Å². The molecular formula is C34H42BrNO5. The van der Waals surface area contributed by atoms with Gasteiger partial charge in [0.25, 0.3) is 0 Å². The number of carbonyl (C=O) groups excluding carboxylic acids is 1. The van der Waals surface area contributed by atoms with Crippen molar-refractivity contribution >= 4 is 22.0 Å². The Hall–Kier alpha value is -2.87. The second kappa shape index (κ2) is 15.4. The van der Waals surface area contributed by atoms with E-state index in [0.29, 0.717) is 39.5 Å². The summed E-state index contributed by atoms with van der Waals surface area (Å²) in [5.41, 5.74) is 4.18. The van der Waals surface area contributed by atoms with Crippen molar-refractivity contribution in [1.82, 2.24) is 4.90 Å². The van der Waals surface area contributed by atoms with Crippen LogP contribution in [0.4, 0.5) is 4.79 Å². The predicted octanol–water partition coefficient (Wildman–Crippen LogP) is 7.88. The summed E-state index contributed by atoms with van der Waals surface area (Å²) in [6.45, 7) is 9.14. The number of halogens is 1. The van der Waals surface area contributed by atoms with Crippen molar-refractivity contribution in [3.05, 3.63) is 101 Å². The lowest BCUT2D eigenvalue weighted by atomic mass is 9.87. The van der Waals surface area contributed by atoms with Gasteiger partial charge in [-0.25, -0.2) is 4.79 Å². The Labute approximate surface area is 253 Å². The summed E-state index contributed by atoms with van der Waals surface area (Å²) in [5.74, 6) is 0.997. The Morgan fingerprint density at radius 2 is 1.61 bits per heavy atom. The third-order valence-electron chi connectivity index (χ3n) is 7.05. The lowest BCUT2D eigenvalue weighted by Crippen LogP contribution is -2.48. The summed E-state index contributed by atoms with van der Waals surface area (Å²) >= 11 is 3.58. The Morgan fingerprint density at radius 3 is 2.32 bits per heavy atom. The van der Waals surface area contributed by atoms with E-state index in [1.54, 1.807) is 4.90 Å². The highest BCUT2D eigenvalue weighted by Crippen LogP contribution is 2.33. The van der Waals surface area contributed by atoms with Crippen molar-refractivity contribution < 1.29 is 23.7 Å². The van der Waals surface area contributed by atoms with E-state index in [-0.39, 0.29) is 18.1 Å². The lowest BCUT2D eigenvalue weighted by Gasteiger charge is -2.39. The minimum absolute atomic E-state index is 0.158. The number of amides is 1. The van der Waals surface area contributed by atoms with Gasteiger partial charge in [-0.05, 0) is 61.6 Å². The first-order chi connectivity index (χ1) is 19.8. The molecule has 0 N–H and O–H groups in total. The highest BCUT2D eigenvalue weighted by atomic mass is 79.9. The van der Waals surface area contributed by atoms with E-state index in [9.17, 15) is 4.79 Å². The van der Waals surface area contributed by atoms with Crippen LogP contribution in [0.2, 0.25) is 0 Å². The van der Waals surface area contributed by atoms with Crippen LogP contribution in [-0.2, 0) is 32.8 Å². The van der Waals surface area contributed by atoms with Crippen LogP contribution >= 0.6 is 15.9 Å². The Bertz CT molecular complexity index is 1210. The quantitative estimate of drug-likeness (QED) is 0.152. The van der Waals surface area contributed by atoms with Crippen molar-refractivity contribution in [3.8, 4) is 5.75 Å². The molecule has 0 saturated carbocycles. The second-order valence-corrected chi connectivity index (χ2v) is 11.9. The van der Waals surface area contributed by atoms with Crippen molar-refractivity contribution in [2.45, 2.75) is 69.8 Å². The molecule has 0 aliphatic carbocycles. The number of benzene rings is 3. The van der Waals surface area contributed by atoms with E-state index in [0.717, 1.165) is 29.5 Å². The second-order valence-electron chi connectivity index (χ2n) is 11.4. The molecule has 7 heteroatoms. The fourth-order valence-electron chi connectivity index (χ4n) is 4.91. The number of hydrogen-bond donors (Lipinski definition) is 0. The first-order valence-electron chi connectivity index (χ1n) is 14.4. The van der Waals surface area contributed by atoms with Crippen molar-refractivity contribution in [2.75, 3.05) is 26.3 Å². The van der Waals surface area contributed by atoms with Crippen LogP contribution in [0.3, 0.4) is 0 Å². The third-order valence-corrected chi connectivity index (χ3v) is 7.65. The van der Waals surface area contributed by atoms with Gasteiger partial charge < -0.3 is 23.8 Å². The molecule has 1 aliphatic rings. The molecule has 0 radical (unpaired) electrons. The predicted molar refractivity (Wildman–Crippen MR) is 165 cm³/mol. The maximum atomic E-state index is 12.9. The smallest absolute Gasteiger partial charge is 0.410 e. The van der Waals surface area contributed by atoms with E-state index in [2.05, 4.69) is 52.3 Å². The number of carbonyl (C=O) groups is 1. The fourth-order valence-corrected chi connectivity index (χ4v) is 5.46. The number of alkyl halides is 1. The molecule has 1 amide bonds. The fraction of sp³-hybridized carbons (Fsp3) is 0.441. The van der Waals surface area contributed by atoms with Crippen LogP contribution in [0.15, 0.2) is 78.9 Å². The van der Waals surface area contributed by atoms with Crippen molar-refractivity contribution in [3.63, 3.8) is 0 Å². The Morgan fingerprint density at radius 1 is 0.902 bits per heavy atom. The van der Waals surface area contributed by atoms with Crippen molar-refractivity contribution in [2.24, 2.45) is 0 Å². The van der Waals surface area contributed by atoms with E-state index >= 15 is 0 Å². The van der Waals surface area contributed by atoms with Gasteiger partial charge >= 0.3 is 6.09 Å². The number of ether oxygens (including phenoxy) is 4. The standard InChI is InChI=1S/C34H42BrNO5/c1-34(2,3)41-33(37)36-19-18-31(32(23-36)40-25-29-13-8-7-12-28(29)22-35)27-14-16-30(17-15-27)39-21-9-20-38-24-26-10-5-4-6-11-26/h4-8,10-17,31-32H,9,18-25H2,1-3H3. The highest BCUT2D eigenvalue weighted by molar-refractivity contribution is 9.08. The van der Waals surface area contributed by atoms with Crippen LogP contribution in [0.5, 0.6) is 5.75 Å². The molecule has 41 heavy (non-hydrogen) atoms. The van der Waals surface area contributed by atoms with Gasteiger partial charge in [-0.3, -0.25) is 0 Å². The lowest BCUT2D eigenvalue weighted by molar-refractivity contribution is -0.0361. The van der Waals surface area contributed by atoms with Gasteiger partial charge in [0.2, 0.25) is 0 Å². The first-order valence-corrected chi connectivity index (χ1v) is 15.5. The average molecular weight is 625 g/mol. The zero-order chi connectivity index (χ0) is 29.1. The van der Waals surface area contributed by atoms with E-state index < -0.39 is 5.60 Å². The highest BCUT2D eigenvalue weighted by Gasteiger charge is 2.35. The molecule has 3 aromatic rings. The SMILES string of the molecule is CC(C)(C)OC(=O)N1CCC(c2ccc(OCCCOCc3ccccc3)cc2)C(OCc2ccccc2CBr)C1. The zero-order valence-electron chi connectivity index (χ0n) is 24.4. The largest absolute Gasteiger partial charge is 0.494 e. The minimum Gasteiger partial charge on any atom is -0.494 e. The summed E-state index contributed by atoms with van der Waals surface area (Å²) in [4.78, 5) is 14.7. The van der Waals surface area contributed by atoms with Crippen molar-refractivity contribution in [1.29, 1.82) is 0 Å². The molecule has 0 spiro atoms. The maximum Gasteiger partial charge on any atom is 0.410 e. The molecular weight excluding hydrogens is 582 g/mol. The molecule has 1 aliphatic heterocycles. The molecule has 220 valence electrons. The first kappa shape index (κ1) is 31.1. The molecule has 3 aromatic carbocycles. The van der Waals surface area contributed by atoms with Crippen LogP contribution in [0.25, 0.3) is 0 Å². The van der Waals surface area contributed by atoms with E-state index in [4.69, 9.17) is 18.9 Å². The summed E-state index contributed by atoms with van der Waals surface area (Å²) in [6.07, 6.45) is 1.17. The Kier molecular flexibility index (Phi) is 11.7. The van der Waals surface area contributed by atoms with Crippen LogP contribution < -0.4 is 4.74 Å². The van der Waals surface area contributed by atoms with Gasteiger partial charge in [0.1, 0.15) is 11.4 Å². The molecule has 6 nitrogen and oxygen atoms in total. The maximum absolute atomic E-state index is 12.9. The Balaban J connectivity index is 1.33.